The smallest absolute Gasteiger partial charge is 0.324 e. The van der Waals surface area contributed by atoms with E-state index in [9.17, 15) is 53.9 Å². The molecule has 0 spiro atoms. The molecule has 0 aromatic heterocycles. The minimum absolute atomic E-state index is 0.0588. The Morgan fingerprint density at radius 2 is 1.70 bits per heavy atom. The van der Waals surface area contributed by atoms with Crippen LogP contribution >= 0.6 is 11.8 Å². The molecule has 0 saturated carbocycles. The Bertz CT molecular complexity index is 1210. The first kappa shape index (κ1) is 26.6. The van der Waals surface area contributed by atoms with Gasteiger partial charge in [-0.2, -0.15) is 26.3 Å². The van der Waals surface area contributed by atoms with E-state index in [1.807, 2.05) is 0 Å². The van der Waals surface area contributed by atoms with E-state index in [1.54, 1.807) is 0 Å². The number of amides is 1. The molecule has 180 valence electrons. The molecule has 2 rings (SSSR count). The summed E-state index contributed by atoms with van der Waals surface area (Å²) in [6, 6.07) is 5.63. The van der Waals surface area contributed by atoms with E-state index in [4.69, 9.17) is 0 Å². The van der Waals surface area contributed by atoms with E-state index in [-0.39, 0.29) is 11.8 Å². The molecule has 1 amide bonds. The molecule has 17 heteroatoms. The first-order valence-corrected chi connectivity index (χ1v) is 11.8. The highest BCUT2D eigenvalue weighted by molar-refractivity contribution is 8.00. The van der Waals surface area contributed by atoms with Crippen LogP contribution in [0.5, 0.6) is 0 Å². The van der Waals surface area contributed by atoms with Crippen molar-refractivity contribution >= 4 is 49.7 Å². The standard InChI is InChI=1S/C16H10F6N2O6S3/c17-15(18,19)31-12-4-2-1-3-10(12)23-14(25)8-32(28)13-6-5-9(7-11(13)24(26)27)33(29,30)16(20,21)22/h1-7H,8H2,(H,23,25). The van der Waals surface area contributed by atoms with Gasteiger partial charge < -0.3 is 5.32 Å². The quantitative estimate of drug-likeness (QED) is 0.243. The topological polar surface area (TPSA) is 123 Å². The van der Waals surface area contributed by atoms with Crippen LogP contribution in [0.1, 0.15) is 0 Å². The van der Waals surface area contributed by atoms with Gasteiger partial charge in [-0.3, -0.25) is 19.1 Å². The predicted molar refractivity (Wildman–Crippen MR) is 105 cm³/mol. The lowest BCUT2D eigenvalue weighted by Crippen LogP contribution is -2.23. The van der Waals surface area contributed by atoms with Crippen molar-refractivity contribution in [3.05, 3.63) is 52.6 Å². The second kappa shape index (κ2) is 9.68. The molecule has 33 heavy (non-hydrogen) atoms. The van der Waals surface area contributed by atoms with Gasteiger partial charge in [-0.25, -0.2) is 8.42 Å². The van der Waals surface area contributed by atoms with Crippen LogP contribution in [0, 0.1) is 10.1 Å². The third-order valence-electron chi connectivity index (χ3n) is 3.64. The van der Waals surface area contributed by atoms with Gasteiger partial charge in [0.05, 0.1) is 26.3 Å². The number of rotatable bonds is 7. The van der Waals surface area contributed by atoms with Crippen LogP contribution in [0.3, 0.4) is 0 Å². The van der Waals surface area contributed by atoms with Crippen LogP contribution in [0.4, 0.5) is 37.7 Å². The summed E-state index contributed by atoms with van der Waals surface area (Å²) in [6.07, 6.45) is 0. The van der Waals surface area contributed by atoms with Crippen molar-refractivity contribution in [1.29, 1.82) is 0 Å². The molecule has 0 fully saturated rings. The zero-order valence-corrected chi connectivity index (χ0v) is 18.1. The molecule has 0 saturated heterocycles. The second-order valence-electron chi connectivity index (χ2n) is 5.92. The third-order valence-corrected chi connectivity index (χ3v) is 7.29. The Balaban J connectivity index is 2.29. The lowest BCUT2D eigenvalue weighted by atomic mass is 10.3. The summed E-state index contributed by atoms with van der Waals surface area (Å²) in [4.78, 5) is 19.4. The number of nitrogens with one attached hydrogen (secondary N) is 1. The number of benzene rings is 2. The van der Waals surface area contributed by atoms with Gasteiger partial charge >= 0.3 is 11.0 Å². The van der Waals surface area contributed by atoms with Gasteiger partial charge in [-0.1, -0.05) is 12.1 Å². The summed E-state index contributed by atoms with van der Waals surface area (Å²) >= 11 is -0.532. The number of halogens is 6. The highest BCUT2D eigenvalue weighted by Crippen LogP contribution is 2.40. The van der Waals surface area contributed by atoms with E-state index in [0.717, 1.165) is 12.1 Å². The number of nitro benzene ring substituents is 1. The summed E-state index contributed by atoms with van der Waals surface area (Å²) in [5.74, 6) is -2.14. The number of hydrogen-bond donors (Lipinski definition) is 1. The summed E-state index contributed by atoms with van der Waals surface area (Å²) in [5.41, 5.74) is -12.0. The number of para-hydroxylation sites is 1. The fourth-order valence-electron chi connectivity index (χ4n) is 2.30. The number of carbonyl (C=O) groups excluding carboxylic acids is 1. The monoisotopic (exact) mass is 536 g/mol. The minimum Gasteiger partial charge on any atom is -0.324 e. The Labute approximate surface area is 187 Å². The van der Waals surface area contributed by atoms with Crippen LogP contribution in [-0.4, -0.2) is 40.2 Å². The van der Waals surface area contributed by atoms with Crippen LogP contribution in [0.25, 0.3) is 0 Å². The lowest BCUT2D eigenvalue weighted by molar-refractivity contribution is -0.388. The van der Waals surface area contributed by atoms with Gasteiger partial charge in [0.15, 0.2) is 0 Å². The van der Waals surface area contributed by atoms with E-state index >= 15 is 0 Å². The first-order chi connectivity index (χ1) is 15.0. The van der Waals surface area contributed by atoms with Gasteiger partial charge in [0.2, 0.25) is 5.91 Å². The largest absolute Gasteiger partial charge is 0.501 e. The fourth-order valence-corrected chi connectivity index (χ4v) is 4.76. The molecule has 0 heterocycles. The van der Waals surface area contributed by atoms with Crippen molar-refractivity contribution in [1.82, 2.24) is 0 Å². The minimum atomic E-state index is -5.94. The molecule has 1 unspecified atom stereocenters. The Morgan fingerprint density at radius 1 is 1.09 bits per heavy atom. The molecule has 0 aliphatic rings. The predicted octanol–water partition coefficient (Wildman–Crippen LogP) is 4.25. The number of anilines is 1. The maximum Gasteiger partial charge on any atom is 0.501 e. The maximum absolute atomic E-state index is 12.7. The van der Waals surface area contributed by atoms with Crippen LogP contribution in [0.15, 0.2) is 57.2 Å². The zero-order chi connectivity index (χ0) is 25.2. The van der Waals surface area contributed by atoms with E-state index < -0.39 is 80.4 Å². The average molecular weight is 536 g/mol. The molecule has 0 aliphatic heterocycles. The molecule has 1 atom stereocenters. The number of nitrogens with zero attached hydrogens (tertiary/aromatic N) is 1. The average Bonchev–Trinajstić information content (AvgIpc) is 2.66. The molecule has 0 aliphatic carbocycles. The summed E-state index contributed by atoms with van der Waals surface area (Å²) in [5, 5.41) is 13.3. The normalized spacial score (nSPS) is 13.4. The molecule has 0 radical (unpaired) electrons. The molecular formula is C16H10F6N2O6S3. The van der Waals surface area contributed by atoms with Crippen LogP contribution in [0.2, 0.25) is 0 Å². The van der Waals surface area contributed by atoms with Crippen molar-refractivity contribution in [2.24, 2.45) is 0 Å². The summed E-state index contributed by atoms with van der Waals surface area (Å²) in [7, 11) is -8.50. The number of sulfone groups is 1. The molecule has 0 bridgehead atoms. The van der Waals surface area contributed by atoms with Crippen LogP contribution in [-0.2, 0) is 25.4 Å². The fraction of sp³-hybridized carbons (Fsp3) is 0.188. The number of alkyl halides is 6. The Kier molecular flexibility index (Phi) is 7.80. The van der Waals surface area contributed by atoms with Crippen molar-refractivity contribution in [2.45, 2.75) is 25.7 Å². The molecular weight excluding hydrogens is 526 g/mol. The maximum atomic E-state index is 12.7. The number of carbonyl (C=O) groups is 1. The highest BCUT2D eigenvalue weighted by Gasteiger charge is 2.47. The lowest BCUT2D eigenvalue weighted by Gasteiger charge is -2.12. The van der Waals surface area contributed by atoms with E-state index in [1.165, 1.54) is 12.1 Å². The first-order valence-electron chi connectivity index (χ1n) is 8.16. The molecule has 1 N–H and O–H groups in total. The molecule has 8 nitrogen and oxygen atoms in total. The summed E-state index contributed by atoms with van der Waals surface area (Å²) < 4.78 is 111. The second-order valence-corrected chi connectivity index (χ2v) is 10.4. The SMILES string of the molecule is O=C(CS(=O)c1ccc(S(=O)(=O)C(F)(F)F)cc1[N+](=O)[O-])Nc1ccccc1SC(F)(F)F. The zero-order valence-electron chi connectivity index (χ0n) is 15.6. The van der Waals surface area contributed by atoms with Gasteiger partial charge in [0, 0.05) is 11.0 Å². The van der Waals surface area contributed by atoms with Crippen molar-refractivity contribution in [3.63, 3.8) is 0 Å². The van der Waals surface area contributed by atoms with Crippen molar-refractivity contribution in [2.75, 3.05) is 11.1 Å². The van der Waals surface area contributed by atoms with Gasteiger partial charge in [-0.15, -0.1) is 0 Å². The van der Waals surface area contributed by atoms with Crippen molar-refractivity contribution < 1.29 is 48.7 Å². The third kappa shape index (κ3) is 6.67. The van der Waals surface area contributed by atoms with Gasteiger partial charge in [0.1, 0.15) is 10.6 Å². The number of nitro groups is 1. The highest BCUT2D eigenvalue weighted by atomic mass is 32.2. The number of thioether (sulfide) groups is 1. The van der Waals surface area contributed by atoms with Gasteiger partial charge in [-0.05, 0) is 36.0 Å². The molecule has 2 aromatic carbocycles. The Morgan fingerprint density at radius 3 is 2.24 bits per heavy atom. The van der Waals surface area contributed by atoms with Crippen LogP contribution < -0.4 is 5.32 Å². The molecule has 2 aromatic rings. The van der Waals surface area contributed by atoms with E-state index in [0.29, 0.717) is 12.1 Å². The van der Waals surface area contributed by atoms with Gasteiger partial charge in [0.25, 0.3) is 15.5 Å². The van der Waals surface area contributed by atoms with Crippen molar-refractivity contribution in [3.8, 4) is 0 Å². The number of hydrogen-bond acceptors (Lipinski definition) is 7. The Hall–Kier alpha value is -2.66. The summed E-state index contributed by atoms with van der Waals surface area (Å²) in [6.45, 7) is 0. The van der Waals surface area contributed by atoms with E-state index in [2.05, 4.69) is 5.32 Å².